The van der Waals surface area contributed by atoms with Crippen molar-refractivity contribution < 1.29 is 18.8 Å². The number of nitrogens with zero attached hydrogens (tertiary/aromatic N) is 3. The number of H-pyrrole nitrogens is 1. The van der Waals surface area contributed by atoms with Gasteiger partial charge in [0.15, 0.2) is 5.84 Å². The lowest BCUT2D eigenvalue weighted by atomic mass is 9.92. The third-order valence-corrected chi connectivity index (χ3v) is 6.10. The average molecular weight is 446 g/mol. The first-order chi connectivity index (χ1) is 16.1. The summed E-state index contributed by atoms with van der Waals surface area (Å²) in [6.45, 7) is 0.684. The van der Waals surface area contributed by atoms with Crippen molar-refractivity contribution in [2.45, 2.75) is 25.0 Å². The molecule has 1 atom stereocenters. The second kappa shape index (κ2) is 8.54. The third-order valence-electron chi connectivity index (χ3n) is 6.10. The van der Waals surface area contributed by atoms with Crippen molar-refractivity contribution in [1.82, 2.24) is 15.1 Å². The number of oxime groups is 1. The van der Waals surface area contributed by atoms with Crippen LogP contribution in [0.1, 0.15) is 30.4 Å². The van der Waals surface area contributed by atoms with Gasteiger partial charge in [-0.2, -0.15) is 5.10 Å². The topological polar surface area (TPSA) is 79.8 Å². The second-order valence-corrected chi connectivity index (χ2v) is 8.02. The van der Waals surface area contributed by atoms with E-state index in [1.807, 2.05) is 29.2 Å². The van der Waals surface area contributed by atoms with Gasteiger partial charge in [-0.3, -0.25) is 5.10 Å². The maximum atomic E-state index is 13.5. The first-order valence-corrected chi connectivity index (χ1v) is 10.8. The molecule has 3 heterocycles. The Morgan fingerprint density at radius 1 is 1.24 bits per heavy atom. The Labute approximate surface area is 190 Å². The van der Waals surface area contributed by atoms with Crippen LogP contribution in [0.25, 0.3) is 17.3 Å². The highest BCUT2D eigenvalue weighted by Gasteiger charge is 2.49. The molecule has 3 aromatic rings. The summed E-state index contributed by atoms with van der Waals surface area (Å²) in [5.41, 5.74) is 3.40. The number of benzene rings is 2. The number of ether oxygens (including phenoxy) is 1. The van der Waals surface area contributed by atoms with Crippen LogP contribution in [0.15, 0.2) is 65.5 Å². The Morgan fingerprint density at radius 2 is 2.09 bits per heavy atom. The molecule has 5 rings (SSSR count). The third kappa shape index (κ3) is 3.67. The Balaban J connectivity index is 1.49. The van der Waals surface area contributed by atoms with E-state index >= 15 is 0 Å². The SMILES string of the molecule is COc1cc(/C=C2\CCCN3C2=NOC3(CC=O)c2ccc(F)cc2)ccc1-c1ccn[nH]1. The van der Waals surface area contributed by atoms with Gasteiger partial charge in [-0.15, -0.1) is 0 Å². The fourth-order valence-corrected chi connectivity index (χ4v) is 4.51. The van der Waals surface area contributed by atoms with E-state index in [-0.39, 0.29) is 12.2 Å². The van der Waals surface area contributed by atoms with Gasteiger partial charge in [-0.1, -0.05) is 23.4 Å². The smallest absolute Gasteiger partial charge is 0.243 e. The summed E-state index contributed by atoms with van der Waals surface area (Å²) in [5.74, 6) is 1.09. The largest absolute Gasteiger partial charge is 0.496 e. The van der Waals surface area contributed by atoms with Crippen LogP contribution >= 0.6 is 0 Å². The average Bonchev–Trinajstić information content (AvgIpc) is 3.50. The monoisotopic (exact) mass is 446 g/mol. The van der Waals surface area contributed by atoms with Crippen molar-refractivity contribution in [3.8, 4) is 17.0 Å². The number of hydrogen-bond acceptors (Lipinski definition) is 6. The molecule has 1 saturated heterocycles. The van der Waals surface area contributed by atoms with Crippen LogP contribution in [-0.4, -0.2) is 40.9 Å². The summed E-state index contributed by atoms with van der Waals surface area (Å²) >= 11 is 0. The number of aromatic amines is 1. The Hall–Kier alpha value is -3.94. The molecule has 2 aromatic carbocycles. The minimum Gasteiger partial charge on any atom is -0.496 e. The molecule has 1 fully saturated rings. The molecule has 0 spiro atoms. The number of aldehydes is 1. The number of methoxy groups -OCH3 is 1. The number of fused-ring (bicyclic) bond motifs is 1. The summed E-state index contributed by atoms with van der Waals surface area (Å²) in [4.78, 5) is 19.5. The number of amidine groups is 1. The van der Waals surface area contributed by atoms with Crippen molar-refractivity contribution >= 4 is 18.2 Å². The quantitative estimate of drug-likeness (QED) is 0.565. The van der Waals surface area contributed by atoms with E-state index in [2.05, 4.69) is 21.4 Å². The molecule has 0 aliphatic carbocycles. The molecule has 1 N–H and O–H groups in total. The van der Waals surface area contributed by atoms with Crippen LogP contribution in [0, 0.1) is 5.82 Å². The van der Waals surface area contributed by atoms with Crippen molar-refractivity contribution in [3.63, 3.8) is 0 Å². The number of carbonyl (C=O) groups excluding carboxylic acids is 1. The van der Waals surface area contributed by atoms with E-state index in [9.17, 15) is 9.18 Å². The summed E-state index contributed by atoms with van der Waals surface area (Å²) in [6.07, 6.45) is 6.37. The molecule has 33 heavy (non-hydrogen) atoms. The number of piperidine rings is 1. The molecular weight excluding hydrogens is 423 g/mol. The maximum Gasteiger partial charge on any atom is 0.243 e. The molecule has 8 heteroatoms. The van der Waals surface area contributed by atoms with Gasteiger partial charge in [0.2, 0.25) is 5.72 Å². The van der Waals surface area contributed by atoms with Crippen molar-refractivity contribution in [2.75, 3.05) is 13.7 Å². The zero-order valence-electron chi connectivity index (χ0n) is 18.1. The van der Waals surface area contributed by atoms with Gasteiger partial charge in [-0.05, 0) is 60.4 Å². The number of nitrogens with one attached hydrogen (secondary N) is 1. The van der Waals surface area contributed by atoms with E-state index in [0.29, 0.717) is 17.9 Å². The van der Waals surface area contributed by atoms with Gasteiger partial charge in [0.1, 0.15) is 17.9 Å². The molecule has 0 bridgehead atoms. The maximum absolute atomic E-state index is 13.5. The van der Waals surface area contributed by atoms with Crippen LogP contribution in [0.2, 0.25) is 0 Å². The van der Waals surface area contributed by atoms with E-state index in [4.69, 9.17) is 9.57 Å². The van der Waals surface area contributed by atoms with E-state index in [1.54, 1.807) is 25.4 Å². The van der Waals surface area contributed by atoms with E-state index in [1.165, 1.54) is 12.1 Å². The van der Waals surface area contributed by atoms with Crippen molar-refractivity contribution in [1.29, 1.82) is 0 Å². The normalized spacial score (nSPS) is 20.8. The molecule has 1 unspecified atom stereocenters. The lowest BCUT2D eigenvalue weighted by Gasteiger charge is -2.39. The number of hydrogen-bond donors (Lipinski definition) is 1. The molecule has 7 nitrogen and oxygen atoms in total. The summed E-state index contributed by atoms with van der Waals surface area (Å²) < 4.78 is 19.1. The van der Waals surface area contributed by atoms with Crippen LogP contribution in [-0.2, 0) is 15.4 Å². The van der Waals surface area contributed by atoms with Crippen LogP contribution in [0.5, 0.6) is 5.75 Å². The fourth-order valence-electron chi connectivity index (χ4n) is 4.51. The second-order valence-electron chi connectivity index (χ2n) is 8.02. The predicted octanol–water partition coefficient (Wildman–Crippen LogP) is 4.49. The van der Waals surface area contributed by atoms with Gasteiger partial charge in [0, 0.05) is 23.9 Å². The molecular formula is C25H23FN4O3. The zero-order chi connectivity index (χ0) is 22.8. The van der Waals surface area contributed by atoms with Gasteiger partial charge in [0.05, 0.1) is 19.2 Å². The van der Waals surface area contributed by atoms with Crippen LogP contribution in [0.3, 0.4) is 0 Å². The first kappa shape index (κ1) is 20.9. The van der Waals surface area contributed by atoms with Crippen LogP contribution in [0.4, 0.5) is 4.39 Å². The zero-order valence-corrected chi connectivity index (χ0v) is 18.1. The highest BCUT2D eigenvalue weighted by molar-refractivity contribution is 6.03. The first-order valence-electron chi connectivity index (χ1n) is 10.8. The fraction of sp³-hybridized carbons (Fsp3) is 0.240. The summed E-state index contributed by atoms with van der Waals surface area (Å²) in [6, 6.07) is 13.9. The molecule has 0 amide bonds. The van der Waals surface area contributed by atoms with E-state index in [0.717, 1.165) is 47.3 Å². The molecule has 0 saturated carbocycles. The number of halogens is 1. The van der Waals surface area contributed by atoms with Crippen molar-refractivity contribution in [3.05, 3.63) is 77.2 Å². The lowest BCUT2D eigenvalue weighted by molar-refractivity contribution is -0.132. The Kier molecular flexibility index (Phi) is 5.42. The highest BCUT2D eigenvalue weighted by atomic mass is 19.1. The predicted molar refractivity (Wildman–Crippen MR) is 122 cm³/mol. The molecule has 2 aliphatic rings. The Morgan fingerprint density at radius 3 is 2.82 bits per heavy atom. The van der Waals surface area contributed by atoms with Gasteiger partial charge in [0.25, 0.3) is 0 Å². The van der Waals surface area contributed by atoms with Crippen molar-refractivity contribution in [2.24, 2.45) is 5.16 Å². The molecule has 1 aromatic heterocycles. The van der Waals surface area contributed by atoms with Gasteiger partial charge < -0.3 is 19.3 Å². The van der Waals surface area contributed by atoms with E-state index < -0.39 is 5.72 Å². The summed E-state index contributed by atoms with van der Waals surface area (Å²) in [7, 11) is 1.64. The summed E-state index contributed by atoms with van der Waals surface area (Å²) in [5, 5.41) is 11.4. The lowest BCUT2D eigenvalue weighted by Crippen LogP contribution is -2.49. The molecule has 0 radical (unpaired) electrons. The Bertz CT molecular complexity index is 1220. The number of carbonyl (C=O) groups is 1. The highest BCUT2D eigenvalue weighted by Crippen LogP contribution is 2.42. The molecule has 2 aliphatic heterocycles. The van der Waals surface area contributed by atoms with Crippen LogP contribution < -0.4 is 4.74 Å². The number of rotatable bonds is 6. The van der Waals surface area contributed by atoms with Gasteiger partial charge in [-0.25, -0.2) is 4.39 Å². The minimum absolute atomic E-state index is 0.0889. The standard InChI is InChI=1S/C25H23FN4O3/c1-32-23-16-17(4-9-21(23)22-10-12-27-28-22)15-18-3-2-13-30-24(18)29-33-25(30,11-14-31)19-5-7-20(26)8-6-19/h4-10,12,14-16H,2-3,11,13H2,1H3,(H,27,28)/b18-15+. The minimum atomic E-state index is -1.06. The van der Waals surface area contributed by atoms with Gasteiger partial charge >= 0.3 is 0 Å². The molecule has 168 valence electrons. The number of aromatic nitrogens is 2.